The lowest BCUT2D eigenvalue weighted by Crippen LogP contribution is -2.21. The zero-order chi connectivity index (χ0) is 27.6. The first kappa shape index (κ1) is 28.6. The molecule has 0 saturated heterocycles. The molecular weight excluding hydrogens is 493 g/mol. The van der Waals surface area contributed by atoms with E-state index in [4.69, 9.17) is 26.2 Å². The molecule has 1 amide bonds. The lowest BCUT2D eigenvalue weighted by Gasteiger charge is -2.05. The third-order valence-corrected chi connectivity index (χ3v) is 4.87. The van der Waals surface area contributed by atoms with Gasteiger partial charge in [0.25, 0.3) is 0 Å². The van der Waals surface area contributed by atoms with E-state index in [0.717, 1.165) is 22.3 Å². The van der Waals surface area contributed by atoms with Crippen LogP contribution in [0, 0.1) is 0 Å². The lowest BCUT2D eigenvalue weighted by molar-refractivity contribution is -0.192. The average Bonchev–Trinajstić information content (AvgIpc) is 3.22. The molecule has 2 aromatic carbocycles. The summed E-state index contributed by atoms with van der Waals surface area (Å²) in [5.74, 6) is 1.65. The van der Waals surface area contributed by atoms with Gasteiger partial charge < -0.3 is 26.0 Å². The molecule has 196 valence electrons. The van der Waals surface area contributed by atoms with E-state index >= 15 is 0 Å². The first-order chi connectivity index (χ1) is 17.4. The molecule has 1 aromatic heterocycles. The number of rotatable bonds is 8. The van der Waals surface area contributed by atoms with Gasteiger partial charge in [0.15, 0.2) is 0 Å². The van der Waals surface area contributed by atoms with Crippen LogP contribution in [0.15, 0.2) is 66.0 Å². The van der Waals surface area contributed by atoms with E-state index in [-0.39, 0.29) is 5.97 Å². The molecule has 37 heavy (non-hydrogen) atoms. The van der Waals surface area contributed by atoms with Gasteiger partial charge in [0.05, 0.1) is 18.4 Å². The van der Waals surface area contributed by atoms with Crippen LogP contribution >= 0.6 is 0 Å². The number of aromatic nitrogens is 1. The van der Waals surface area contributed by atoms with Crippen LogP contribution in [0.4, 0.5) is 13.2 Å². The number of hydrogen-bond donors (Lipinski definition) is 3. The van der Waals surface area contributed by atoms with E-state index in [1.807, 2.05) is 47.2 Å². The van der Waals surface area contributed by atoms with Crippen molar-refractivity contribution in [3.05, 3.63) is 94.3 Å². The molecule has 0 aliphatic carbocycles. The number of alkyl halides is 3. The van der Waals surface area contributed by atoms with Gasteiger partial charge in [-0.2, -0.15) is 18.3 Å². The number of ether oxygens (including phenoxy) is 1. The number of esters is 1. The molecule has 0 bridgehead atoms. The molecule has 5 N–H and O–H groups in total. The van der Waals surface area contributed by atoms with Gasteiger partial charge in [-0.05, 0) is 53.8 Å². The van der Waals surface area contributed by atoms with Gasteiger partial charge in [-0.15, -0.1) is 0 Å². The number of carboxylic acids is 1. The monoisotopic (exact) mass is 518 g/mol. The maximum atomic E-state index is 12.5. The van der Waals surface area contributed by atoms with E-state index in [1.165, 1.54) is 0 Å². The number of carbonyl (C=O) groups is 3. The summed E-state index contributed by atoms with van der Waals surface area (Å²) >= 11 is 0. The number of hydrazone groups is 1. The van der Waals surface area contributed by atoms with Crippen molar-refractivity contribution >= 4 is 24.1 Å². The van der Waals surface area contributed by atoms with Crippen LogP contribution in [-0.4, -0.2) is 46.5 Å². The lowest BCUT2D eigenvalue weighted by atomic mass is 10.0. The number of carboxylic acid groups (broad SMARTS) is 1. The molecule has 0 radical (unpaired) electrons. The zero-order valence-corrected chi connectivity index (χ0v) is 19.7. The van der Waals surface area contributed by atoms with Gasteiger partial charge in [-0.3, -0.25) is 4.79 Å². The maximum Gasteiger partial charge on any atom is 0.490 e. The molecule has 3 aromatic rings. The van der Waals surface area contributed by atoms with Gasteiger partial charge in [0.2, 0.25) is 5.91 Å². The summed E-state index contributed by atoms with van der Waals surface area (Å²) in [6, 6.07) is 14.9. The van der Waals surface area contributed by atoms with E-state index in [9.17, 15) is 22.8 Å². The van der Waals surface area contributed by atoms with Gasteiger partial charge in [0.1, 0.15) is 0 Å². The maximum absolute atomic E-state index is 12.5. The number of nitrogens with two attached hydrogens (primary N) is 2. The molecule has 0 aliphatic rings. The van der Waals surface area contributed by atoms with Crippen molar-refractivity contribution in [2.75, 3.05) is 6.61 Å². The number of amides is 1. The highest BCUT2D eigenvalue weighted by atomic mass is 19.4. The minimum atomic E-state index is -5.08. The minimum Gasteiger partial charge on any atom is -0.475 e. The Labute approximate surface area is 210 Å². The van der Waals surface area contributed by atoms with Crippen LogP contribution in [0.2, 0.25) is 0 Å². The number of primary amides is 1. The van der Waals surface area contributed by atoms with E-state index in [1.54, 1.807) is 31.5 Å². The van der Waals surface area contributed by atoms with Gasteiger partial charge in [-0.1, -0.05) is 30.3 Å². The Morgan fingerprint density at radius 2 is 1.73 bits per heavy atom. The SMILES string of the molecule is CCOC(=O)c1cn(Cc2cccc(/C=N\N)c2)cc1Cc1ccc(C(N)=O)cc1.O=C(O)C(F)(F)F. The fourth-order valence-corrected chi connectivity index (χ4v) is 3.26. The van der Waals surface area contributed by atoms with Crippen molar-refractivity contribution in [2.45, 2.75) is 26.1 Å². The zero-order valence-electron chi connectivity index (χ0n) is 19.7. The highest BCUT2D eigenvalue weighted by Gasteiger charge is 2.38. The Bertz CT molecular complexity index is 1270. The minimum absolute atomic E-state index is 0.303. The predicted octanol–water partition coefficient (Wildman–Crippen LogP) is 3.33. The highest BCUT2D eigenvalue weighted by Crippen LogP contribution is 2.19. The topological polar surface area (TPSA) is 150 Å². The van der Waals surface area contributed by atoms with E-state index < -0.39 is 18.1 Å². The highest BCUT2D eigenvalue weighted by molar-refractivity contribution is 5.93. The Balaban J connectivity index is 0.000000604. The summed E-state index contributed by atoms with van der Waals surface area (Å²) in [4.78, 5) is 32.6. The summed E-state index contributed by atoms with van der Waals surface area (Å²) in [5, 5.41) is 10.7. The van der Waals surface area contributed by atoms with Crippen molar-refractivity contribution in [1.29, 1.82) is 0 Å². The second-order valence-corrected chi connectivity index (χ2v) is 7.65. The van der Waals surface area contributed by atoms with Crippen molar-refractivity contribution < 1.29 is 37.4 Å². The van der Waals surface area contributed by atoms with E-state index in [2.05, 4.69) is 5.10 Å². The van der Waals surface area contributed by atoms with Crippen molar-refractivity contribution in [3.63, 3.8) is 0 Å². The number of benzene rings is 2. The van der Waals surface area contributed by atoms with Crippen LogP contribution in [0.1, 0.15) is 49.9 Å². The molecule has 0 aliphatic heterocycles. The standard InChI is InChI=1S/C23H24N4O3.C2HF3O2/c1-2-30-23(29)21-15-27(13-18-5-3-4-17(10-18)12-26-25)14-20(21)11-16-6-8-19(9-7-16)22(24)28;3-2(4,5)1(6)7/h3-10,12,14-15H,2,11,13,25H2,1H3,(H2,24,28);(H,6,7)/b26-12-;. The van der Waals surface area contributed by atoms with Gasteiger partial charge in [0, 0.05) is 24.5 Å². The van der Waals surface area contributed by atoms with Crippen LogP contribution < -0.4 is 11.6 Å². The Morgan fingerprint density at radius 3 is 2.27 bits per heavy atom. The molecule has 0 atom stereocenters. The van der Waals surface area contributed by atoms with Crippen LogP contribution in [-0.2, 0) is 22.5 Å². The Hall–Kier alpha value is -4.61. The molecule has 12 heteroatoms. The Morgan fingerprint density at radius 1 is 1.08 bits per heavy atom. The average molecular weight is 518 g/mol. The summed E-state index contributed by atoms with van der Waals surface area (Å²) in [7, 11) is 0. The largest absolute Gasteiger partial charge is 0.490 e. The van der Waals surface area contributed by atoms with Crippen LogP contribution in [0.5, 0.6) is 0 Å². The number of halogens is 3. The number of carbonyl (C=O) groups excluding carboxylic acids is 2. The molecular formula is C25H25F3N4O5. The van der Waals surface area contributed by atoms with Gasteiger partial charge >= 0.3 is 18.1 Å². The smallest absolute Gasteiger partial charge is 0.475 e. The third-order valence-electron chi connectivity index (χ3n) is 4.87. The molecule has 0 unspecified atom stereocenters. The number of nitrogens with zero attached hydrogens (tertiary/aromatic N) is 2. The summed E-state index contributed by atoms with van der Waals surface area (Å²) in [5.41, 5.74) is 10.0. The fraction of sp³-hybridized carbons (Fsp3) is 0.200. The quantitative estimate of drug-likeness (QED) is 0.180. The normalized spacial score (nSPS) is 11.0. The number of hydrogen-bond acceptors (Lipinski definition) is 6. The fourth-order valence-electron chi connectivity index (χ4n) is 3.26. The molecule has 1 heterocycles. The summed E-state index contributed by atoms with van der Waals surface area (Å²) in [6.45, 7) is 2.66. The first-order valence-corrected chi connectivity index (χ1v) is 10.8. The molecule has 9 nitrogen and oxygen atoms in total. The summed E-state index contributed by atoms with van der Waals surface area (Å²) in [6.07, 6.45) is 0.775. The first-order valence-electron chi connectivity index (χ1n) is 10.8. The second kappa shape index (κ2) is 12.9. The summed E-state index contributed by atoms with van der Waals surface area (Å²) < 4.78 is 38.9. The third kappa shape index (κ3) is 8.84. The van der Waals surface area contributed by atoms with Crippen LogP contribution in [0.25, 0.3) is 0 Å². The number of aliphatic carboxylic acids is 1. The Kier molecular flexibility index (Phi) is 9.99. The second-order valence-electron chi connectivity index (χ2n) is 7.65. The molecule has 0 saturated carbocycles. The molecule has 3 rings (SSSR count). The van der Waals surface area contributed by atoms with Crippen molar-refractivity contribution in [3.8, 4) is 0 Å². The molecule has 0 spiro atoms. The van der Waals surface area contributed by atoms with Crippen molar-refractivity contribution in [2.24, 2.45) is 16.7 Å². The van der Waals surface area contributed by atoms with Crippen LogP contribution in [0.3, 0.4) is 0 Å². The van der Waals surface area contributed by atoms with E-state index in [0.29, 0.717) is 30.7 Å². The predicted molar refractivity (Wildman–Crippen MR) is 129 cm³/mol. The van der Waals surface area contributed by atoms with Gasteiger partial charge in [-0.25, -0.2) is 9.59 Å². The van der Waals surface area contributed by atoms with Crippen molar-refractivity contribution in [1.82, 2.24) is 4.57 Å². The molecule has 0 fully saturated rings.